The standard InChI is InChI=1S/C23H25NO3S2/c1-12(2)27-23(26)20-14(4)24-16-10-15(18-6-5-9-28-18)11-17(25)21(16)22(20)19-8-7-13(3)29-19/h5-9,12,15,22,24H,10-11H2,1-4H3. The second-order valence-electron chi connectivity index (χ2n) is 7.94. The number of thiophene rings is 2. The number of ketones is 1. The maximum absolute atomic E-state index is 13.4. The molecule has 2 aromatic heterocycles. The number of hydrogen-bond acceptors (Lipinski definition) is 6. The normalized spacial score (nSPS) is 22.0. The molecule has 1 aliphatic heterocycles. The number of hydrogen-bond donors (Lipinski definition) is 1. The third-order valence-electron chi connectivity index (χ3n) is 5.38. The van der Waals surface area contributed by atoms with Crippen molar-refractivity contribution in [1.29, 1.82) is 0 Å². The van der Waals surface area contributed by atoms with Crippen molar-refractivity contribution in [2.45, 2.75) is 58.5 Å². The number of esters is 1. The largest absolute Gasteiger partial charge is 0.460 e. The van der Waals surface area contributed by atoms with Gasteiger partial charge in [0.25, 0.3) is 0 Å². The molecule has 4 rings (SSSR count). The van der Waals surface area contributed by atoms with E-state index in [1.165, 1.54) is 4.88 Å². The third kappa shape index (κ3) is 3.83. The Hall–Kier alpha value is -2.18. The van der Waals surface area contributed by atoms with Crippen molar-refractivity contribution in [1.82, 2.24) is 5.32 Å². The first kappa shape index (κ1) is 20.1. The van der Waals surface area contributed by atoms with Crippen LogP contribution in [0, 0.1) is 6.92 Å². The number of dihydropyridines is 1. The first-order valence-electron chi connectivity index (χ1n) is 9.90. The molecular weight excluding hydrogens is 402 g/mol. The smallest absolute Gasteiger partial charge is 0.337 e. The van der Waals surface area contributed by atoms with Gasteiger partial charge >= 0.3 is 5.97 Å². The van der Waals surface area contributed by atoms with Gasteiger partial charge < -0.3 is 10.1 Å². The van der Waals surface area contributed by atoms with Crippen LogP contribution in [0.5, 0.6) is 0 Å². The quantitative estimate of drug-likeness (QED) is 0.661. The Morgan fingerprint density at radius 3 is 2.59 bits per heavy atom. The predicted octanol–water partition coefficient (Wildman–Crippen LogP) is 5.43. The van der Waals surface area contributed by atoms with Crippen LogP contribution < -0.4 is 5.32 Å². The van der Waals surface area contributed by atoms with Crippen molar-refractivity contribution >= 4 is 34.4 Å². The van der Waals surface area contributed by atoms with Crippen LogP contribution in [0.15, 0.2) is 52.2 Å². The molecule has 0 spiro atoms. The van der Waals surface area contributed by atoms with Gasteiger partial charge in [0.05, 0.1) is 17.6 Å². The highest BCUT2D eigenvalue weighted by molar-refractivity contribution is 7.12. The summed E-state index contributed by atoms with van der Waals surface area (Å²) in [6.45, 7) is 7.64. The summed E-state index contributed by atoms with van der Waals surface area (Å²) in [6.07, 6.45) is 1.05. The van der Waals surface area contributed by atoms with Gasteiger partial charge in [-0.1, -0.05) is 6.07 Å². The lowest BCUT2D eigenvalue weighted by molar-refractivity contribution is -0.143. The van der Waals surface area contributed by atoms with Crippen LogP contribution in [-0.4, -0.2) is 17.9 Å². The van der Waals surface area contributed by atoms with Crippen molar-refractivity contribution < 1.29 is 14.3 Å². The lowest BCUT2D eigenvalue weighted by atomic mass is 9.74. The van der Waals surface area contributed by atoms with Crippen LogP contribution >= 0.6 is 22.7 Å². The van der Waals surface area contributed by atoms with Gasteiger partial charge in [0.2, 0.25) is 0 Å². The lowest BCUT2D eigenvalue weighted by Gasteiger charge is -2.36. The number of nitrogens with one attached hydrogen (secondary N) is 1. The average Bonchev–Trinajstić information content (AvgIpc) is 3.31. The highest BCUT2D eigenvalue weighted by Gasteiger charge is 2.42. The molecular formula is C23H25NO3S2. The maximum Gasteiger partial charge on any atom is 0.337 e. The molecule has 0 fully saturated rings. The van der Waals surface area contributed by atoms with Gasteiger partial charge in [-0.15, -0.1) is 22.7 Å². The van der Waals surface area contributed by atoms with Crippen LogP contribution in [-0.2, 0) is 14.3 Å². The summed E-state index contributed by atoms with van der Waals surface area (Å²) in [7, 11) is 0. The first-order chi connectivity index (χ1) is 13.8. The van der Waals surface area contributed by atoms with Gasteiger partial charge in [0.15, 0.2) is 5.78 Å². The zero-order valence-electron chi connectivity index (χ0n) is 17.1. The number of rotatable bonds is 4. The zero-order chi connectivity index (χ0) is 20.7. The summed E-state index contributed by atoms with van der Waals surface area (Å²) in [4.78, 5) is 29.8. The predicted molar refractivity (Wildman–Crippen MR) is 117 cm³/mol. The molecule has 0 saturated heterocycles. The van der Waals surface area contributed by atoms with Crippen LogP contribution in [0.4, 0.5) is 0 Å². The molecule has 0 saturated carbocycles. The summed E-state index contributed by atoms with van der Waals surface area (Å²) >= 11 is 3.34. The van der Waals surface area contributed by atoms with Crippen LogP contribution in [0.3, 0.4) is 0 Å². The molecule has 0 bridgehead atoms. The highest BCUT2D eigenvalue weighted by Crippen LogP contribution is 2.47. The zero-order valence-corrected chi connectivity index (χ0v) is 18.7. The molecule has 2 aliphatic rings. The second kappa shape index (κ2) is 7.92. The highest BCUT2D eigenvalue weighted by atomic mass is 32.1. The Morgan fingerprint density at radius 2 is 1.97 bits per heavy atom. The van der Waals surface area contributed by atoms with Crippen molar-refractivity contribution in [3.8, 4) is 0 Å². The maximum atomic E-state index is 13.4. The molecule has 0 aromatic carbocycles. The molecule has 2 aromatic rings. The summed E-state index contributed by atoms with van der Waals surface area (Å²) in [6, 6.07) is 8.22. The minimum Gasteiger partial charge on any atom is -0.460 e. The summed E-state index contributed by atoms with van der Waals surface area (Å²) in [5, 5.41) is 5.45. The minimum absolute atomic E-state index is 0.121. The number of carbonyl (C=O) groups excluding carboxylic acids is 2. The van der Waals surface area contributed by atoms with Crippen LogP contribution in [0.1, 0.15) is 60.1 Å². The Bertz CT molecular complexity index is 1010. The minimum atomic E-state index is -0.354. The van der Waals surface area contributed by atoms with Gasteiger partial charge in [-0.2, -0.15) is 0 Å². The van der Waals surface area contributed by atoms with Crippen LogP contribution in [0.2, 0.25) is 0 Å². The van der Waals surface area contributed by atoms with E-state index in [1.807, 2.05) is 45.9 Å². The first-order valence-corrected chi connectivity index (χ1v) is 11.6. The monoisotopic (exact) mass is 427 g/mol. The molecule has 1 aliphatic carbocycles. The molecule has 6 heteroatoms. The van der Waals surface area contributed by atoms with Gasteiger partial charge in [-0.05, 0) is 57.7 Å². The second-order valence-corrected chi connectivity index (χ2v) is 10.2. The SMILES string of the molecule is CC1=C(C(=O)OC(C)C)C(c2ccc(C)s2)C2=C(CC(c3cccs3)CC2=O)N1. The Labute approximate surface area is 179 Å². The molecule has 3 heterocycles. The Morgan fingerprint density at radius 1 is 1.17 bits per heavy atom. The topological polar surface area (TPSA) is 55.4 Å². The van der Waals surface area contributed by atoms with E-state index in [0.717, 1.165) is 33.1 Å². The number of carbonyl (C=O) groups is 2. The van der Waals surface area contributed by atoms with E-state index in [9.17, 15) is 9.59 Å². The summed E-state index contributed by atoms with van der Waals surface area (Å²) < 4.78 is 5.55. The third-order valence-corrected chi connectivity index (χ3v) is 7.48. The van der Waals surface area contributed by atoms with Crippen molar-refractivity contribution in [2.75, 3.05) is 0 Å². The van der Waals surface area contributed by atoms with E-state index >= 15 is 0 Å². The van der Waals surface area contributed by atoms with E-state index in [1.54, 1.807) is 22.7 Å². The van der Waals surface area contributed by atoms with Crippen molar-refractivity contribution in [3.63, 3.8) is 0 Å². The van der Waals surface area contributed by atoms with Gasteiger partial charge in [-0.3, -0.25) is 4.79 Å². The van der Waals surface area contributed by atoms with E-state index in [-0.39, 0.29) is 29.7 Å². The average molecular weight is 428 g/mol. The van der Waals surface area contributed by atoms with Gasteiger partial charge in [0.1, 0.15) is 0 Å². The molecule has 1 N–H and O–H groups in total. The molecule has 29 heavy (non-hydrogen) atoms. The fraction of sp³-hybridized carbons (Fsp3) is 0.391. The fourth-order valence-corrected chi connectivity index (χ4v) is 6.03. The number of Topliss-reactive ketones (excluding diaryl/α,β-unsaturated/α-hetero) is 1. The van der Waals surface area contributed by atoms with Crippen molar-refractivity contribution in [3.05, 3.63) is 66.8 Å². The van der Waals surface area contributed by atoms with Gasteiger partial charge in [-0.25, -0.2) is 4.79 Å². The molecule has 152 valence electrons. The lowest BCUT2D eigenvalue weighted by Crippen LogP contribution is -2.36. The van der Waals surface area contributed by atoms with E-state index in [2.05, 4.69) is 16.8 Å². The fourth-order valence-electron chi connectivity index (χ4n) is 4.21. The molecule has 2 atom stereocenters. The van der Waals surface area contributed by atoms with Crippen molar-refractivity contribution in [2.24, 2.45) is 0 Å². The molecule has 0 amide bonds. The van der Waals surface area contributed by atoms with Gasteiger partial charge in [0, 0.05) is 43.9 Å². The molecule has 0 radical (unpaired) electrons. The molecule has 4 nitrogen and oxygen atoms in total. The Balaban J connectivity index is 1.79. The molecule has 2 unspecified atom stereocenters. The Kier molecular flexibility index (Phi) is 5.49. The summed E-state index contributed by atoms with van der Waals surface area (Å²) in [5.74, 6) is -0.388. The number of ether oxygens (including phenoxy) is 1. The van der Waals surface area contributed by atoms with Crippen LogP contribution in [0.25, 0.3) is 0 Å². The van der Waals surface area contributed by atoms with E-state index < -0.39 is 0 Å². The number of aryl methyl sites for hydroxylation is 1. The van der Waals surface area contributed by atoms with E-state index in [0.29, 0.717) is 12.0 Å². The number of allylic oxidation sites excluding steroid dienone is 3. The van der Waals surface area contributed by atoms with E-state index in [4.69, 9.17) is 4.74 Å². The summed E-state index contributed by atoms with van der Waals surface area (Å²) in [5.41, 5.74) is 3.03.